The zero-order valence-corrected chi connectivity index (χ0v) is 13.0. The molecule has 1 aliphatic rings. The largest absolute Gasteiger partial charge is 0.491 e. The molecule has 118 valence electrons. The highest BCUT2D eigenvalue weighted by Gasteiger charge is 2.14. The van der Waals surface area contributed by atoms with E-state index in [2.05, 4.69) is 10.3 Å². The molecule has 7 heteroatoms. The second kappa shape index (κ2) is 8.41. The molecule has 1 heterocycles. The van der Waals surface area contributed by atoms with Crippen LogP contribution in [0.25, 0.3) is 0 Å². The lowest BCUT2D eigenvalue weighted by atomic mass is 10.3. The molecule has 0 radical (unpaired) electrons. The monoisotopic (exact) mass is 323 g/mol. The van der Waals surface area contributed by atoms with Crippen LogP contribution in [-0.2, 0) is 4.74 Å². The number of rotatable bonds is 6. The minimum atomic E-state index is -0.294. The second-order valence-corrected chi connectivity index (χ2v) is 4.99. The molecule has 1 aliphatic heterocycles. The highest BCUT2D eigenvalue weighted by atomic mass is 35.5. The van der Waals surface area contributed by atoms with Crippen LogP contribution in [-0.4, -0.2) is 44.1 Å². The Kier molecular flexibility index (Phi) is 6.24. The summed E-state index contributed by atoms with van der Waals surface area (Å²) in [5.74, 6) is 0.568. The molecular formula is C15H18ClN3O3. The number of ether oxygens (including phenoxy) is 2. The van der Waals surface area contributed by atoms with Crippen LogP contribution in [0.1, 0.15) is 6.42 Å². The number of anilines is 1. The van der Waals surface area contributed by atoms with E-state index in [1.165, 1.54) is 4.90 Å². The minimum Gasteiger partial charge on any atom is -0.491 e. The zero-order chi connectivity index (χ0) is 15.8. The fourth-order valence-electron chi connectivity index (χ4n) is 1.82. The van der Waals surface area contributed by atoms with Crippen LogP contribution in [0, 0.1) is 0 Å². The lowest BCUT2D eigenvalue weighted by Gasteiger charge is -2.20. The topological polar surface area (TPSA) is 63.2 Å². The third-order valence-electron chi connectivity index (χ3n) is 2.89. The molecular weight excluding hydrogens is 306 g/mol. The molecule has 0 atom stereocenters. The Morgan fingerprint density at radius 3 is 3.05 bits per heavy atom. The third kappa shape index (κ3) is 4.75. The number of aliphatic imine (C=N–C) groups is 1. The lowest BCUT2D eigenvalue weighted by Crippen LogP contribution is -2.32. The maximum Gasteiger partial charge on any atom is 0.327 e. The van der Waals surface area contributed by atoms with Crippen molar-refractivity contribution in [1.82, 2.24) is 4.90 Å². The SMILES string of the molecule is COCCCOc1ccc(Cl)cc1NC(=O)N1C=CC=NC1. The normalized spacial score (nSPS) is 13.3. The van der Waals surface area contributed by atoms with Crippen molar-refractivity contribution in [2.45, 2.75) is 6.42 Å². The van der Waals surface area contributed by atoms with Gasteiger partial charge in [-0.05, 0) is 24.3 Å². The summed E-state index contributed by atoms with van der Waals surface area (Å²) in [6.45, 7) is 1.39. The molecule has 0 bridgehead atoms. The number of methoxy groups -OCH3 is 1. The highest BCUT2D eigenvalue weighted by Crippen LogP contribution is 2.28. The van der Waals surface area contributed by atoms with Crippen LogP contribution in [0.5, 0.6) is 5.75 Å². The number of carbonyl (C=O) groups excluding carboxylic acids is 1. The number of hydrogen-bond donors (Lipinski definition) is 1. The van der Waals surface area contributed by atoms with Gasteiger partial charge < -0.3 is 14.8 Å². The average Bonchev–Trinajstić information content (AvgIpc) is 2.54. The molecule has 0 aromatic heterocycles. The summed E-state index contributed by atoms with van der Waals surface area (Å²) in [5, 5.41) is 3.30. The Morgan fingerprint density at radius 1 is 1.45 bits per heavy atom. The number of urea groups is 1. The van der Waals surface area contributed by atoms with Crippen molar-refractivity contribution in [3.05, 3.63) is 35.5 Å². The zero-order valence-electron chi connectivity index (χ0n) is 12.3. The number of hydrogen-bond acceptors (Lipinski definition) is 4. The predicted octanol–water partition coefficient (Wildman–Crippen LogP) is 3.14. The lowest BCUT2D eigenvalue weighted by molar-refractivity contribution is 0.172. The Morgan fingerprint density at radius 2 is 2.32 bits per heavy atom. The fourth-order valence-corrected chi connectivity index (χ4v) is 1.99. The van der Waals surface area contributed by atoms with Gasteiger partial charge in [0.15, 0.2) is 0 Å². The molecule has 2 amide bonds. The van der Waals surface area contributed by atoms with Crippen molar-refractivity contribution in [2.75, 3.05) is 32.3 Å². The van der Waals surface area contributed by atoms with E-state index in [1.54, 1.807) is 43.8 Å². The van der Waals surface area contributed by atoms with Crippen molar-refractivity contribution < 1.29 is 14.3 Å². The van der Waals surface area contributed by atoms with E-state index < -0.39 is 0 Å². The third-order valence-corrected chi connectivity index (χ3v) is 3.12. The van der Waals surface area contributed by atoms with Crippen LogP contribution in [0.2, 0.25) is 5.02 Å². The summed E-state index contributed by atoms with van der Waals surface area (Å²) in [4.78, 5) is 17.6. The van der Waals surface area contributed by atoms with Crippen LogP contribution in [0.15, 0.2) is 35.5 Å². The van der Waals surface area contributed by atoms with E-state index in [9.17, 15) is 4.79 Å². The van der Waals surface area contributed by atoms with Crippen molar-refractivity contribution >= 4 is 29.5 Å². The number of nitrogens with zero attached hydrogens (tertiary/aromatic N) is 2. The molecule has 2 rings (SSSR count). The molecule has 6 nitrogen and oxygen atoms in total. The first-order chi connectivity index (χ1) is 10.7. The van der Waals surface area contributed by atoms with E-state index in [-0.39, 0.29) is 12.7 Å². The number of carbonyl (C=O) groups is 1. The Bertz CT molecular complexity index is 575. The molecule has 0 aliphatic carbocycles. The maximum atomic E-state index is 12.2. The molecule has 1 N–H and O–H groups in total. The summed E-state index contributed by atoms with van der Waals surface area (Å²) in [6.07, 6.45) is 5.76. The van der Waals surface area contributed by atoms with Crippen molar-refractivity contribution in [3.63, 3.8) is 0 Å². The number of nitrogens with one attached hydrogen (secondary N) is 1. The average molecular weight is 324 g/mol. The minimum absolute atomic E-state index is 0.285. The van der Waals surface area contributed by atoms with Crippen LogP contribution in [0.4, 0.5) is 10.5 Å². The van der Waals surface area contributed by atoms with Gasteiger partial charge in [0.1, 0.15) is 12.4 Å². The van der Waals surface area contributed by atoms with E-state index in [0.717, 1.165) is 6.42 Å². The summed E-state index contributed by atoms with van der Waals surface area (Å²) >= 11 is 5.99. The quantitative estimate of drug-likeness (QED) is 0.818. The Hall–Kier alpha value is -2.05. The molecule has 0 fully saturated rings. The van der Waals surface area contributed by atoms with Gasteiger partial charge in [0.2, 0.25) is 0 Å². The van der Waals surface area contributed by atoms with Gasteiger partial charge in [-0.2, -0.15) is 0 Å². The molecule has 0 saturated carbocycles. The Balaban J connectivity index is 2.01. The van der Waals surface area contributed by atoms with Crippen LogP contribution >= 0.6 is 11.6 Å². The van der Waals surface area contributed by atoms with Gasteiger partial charge in [0.25, 0.3) is 0 Å². The van der Waals surface area contributed by atoms with E-state index in [0.29, 0.717) is 29.7 Å². The van der Waals surface area contributed by atoms with E-state index in [4.69, 9.17) is 21.1 Å². The van der Waals surface area contributed by atoms with Gasteiger partial charge >= 0.3 is 6.03 Å². The smallest absolute Gasteiger partial charge is 0.327 e. The highest BCUT2D eigenvalue weighted by molar-refractivity contribution is 6.31. The van der Waals surface area contributed by atoms with Crippen molar-refractivity contribution in [3.8, 4) is 5.75 Å². The molecule has 1 aromatic rings. The van der Waals surface area contributed by atoms with Gasteiger partial charge in [-0.25, -0.2) is 4.79 Å². The van der Waals surface area contributed by atoms with E-state index in [1.807, 2.05) is 0 Å². The molecule has 22 heavy (non-hydrogen) atoms. The number of halogens is 1. The van der Waals surface area contributed by atoms with Crippen LogP contribution in [0.3, 0.4) is 0 Å². The fraction of sp³-hybridized carbons (Fsp3) is 0.333. The van der Waals surface area contributed by atoms with Gasteiger partial charge in [-0.15, -0.1) is 0 Å². The van der Waals surface area contributed by atoms with E-state index >= 15 is 0 Å². The van der Waals surface area contributed by atoms with Crippen LogP contribution < -0.4 is 10.1 Å². The van der Waals surface area contributed by atoms with Gasteiger partial charge in [-0.3, -0.25) is 9.89 Å². The Labute approximate surface area is 134 Å². The molecule has 0 saturated heterocycles. The van der Waals surface area contributed by atoms with Gasteiger partial charge in [0, 0.05) is 37.6 Å². The van der Waals surface area contributed by atoms with Crippen molar-refractivity contribution in [2.24, 2.45) is 4.99 Å². The summed E-state index contributed by atoms with van der Waals surface area (Å²) < 4.78 is 10.6. The van der Waals surface area contributed by atoms with Gasteiger partial charge in [0.05, 0.1) is 12.3 Å². The molecule has 0 unspecified atom stereocenters. The van der Waals surface area contributed by atoms with Crippen molar-refractivity contribution in [1.29, 1.82) is 0 Å². The maximum absolute atomic E-state index is 12.2. The second-order valence-electron chi connectivity index (χ2n) is 4.55. The molecule has 1 aromatic carbocycles. The predicted molar refractivity (Wildman–Crippen MR) is 86.8 cm³/mol. The summed E-state index contributed by atoms with van der Waals surface area (Å²) in [7, 11) is 1.64. The number of amides is 2. The number of benzene rings is 1. The summed E-state index contributed by atoms with van der Waals surface area (Å²) in [6, 6.07) is 4.81. The first-order valence-corrected chi connectivity index (χ1v) is 7.24. The standard InChI is InChI=1S/C15H18ClN3O3/c1-21-8-3-9-22-14-5-4-12(16)10-13(14)18-15(20)19-7-2-6-17-11-19/h2,4-7,10H,3,8-9,11H2,1H3,(H,18,20). The molecule has 0 spiro atoms. The van der Waals surface area contributed by atoms with Gasteiger partial charge in [-0.1, -0.05) is 11.6 Å². The number of allylic oxidation sites excluding steroid dienone is 1. The first kappa shape index (κ1) is 16.3. The summed E-state index contributed by atoms with van der Waals surface area (Å²) in [5.41, 5.74) is 0.526. The first-order valence-electron chi connectivity index (χ1n) is 6.86.